The Bertz CT molecular complexity index is 522. The van der Waals surface area contributed by atoms with Crippen molar-refractivity contribution < 1.29 is 0 Å². The molecule has 0 saturated heterocycles. The molecule has 0 aliphatic carbocycles. The van der Waals surface area contributed by atoms with Crippen molar-refractivity contribution in [3.05, 3.63) is 35.2 Å². The number of rotatable bonds is 3. The highest BCUT2D eigenvalue weighted by molar-refractivity contribution is 6.33. The number of anilines is 2. The van der Waals surface area contributed by atoms with Crippen LogP contribution in [-0.2, 0) is 13.6 Å². The van der Waals surface area contributed by atoms with Gasteiger partial charge in [-0.3, -0.25) is 4.68 Å². The first-order valence-electron chi connectivity index (χ1n) is 5.16. The van der Waals surface area contributed by atoms with Gasteiger partial charge in [-0.15, -0.1) is 0 Å². The highest BCUT2D eigenvalue weighted by Crippen LogP contribution is 2.24. The number of nitrogens with zero attached hydrogens (tertiary/aromatic N) is 4. The molecule has 5 nitrogen and oxygen atoms in total. The van der Waals surface area contributed by atoms with E-state index < -0.39 is 0 Å². The van der Waals surface area contributed by atoms with Crippen molar-refractivity contribution in [3.8, 4) is 0 Å². The molecular formula is C11H14ClN5. The Morgan fingerprint density at radius 2 is 2.24 bits per heavy atom. The van der Waals surface area contributed by atoms with E-state index >= 15 is 0 Å². The molecule has 17 heavy (non-hydrogen) atoms. The number of nitrogen functional groups attached to an aromatic ring is 1. The van der Waals surface area contributed by atoms with Crippen molar-refractivity contribution in [2.45, 2.75) is 6.54 Å². The molecule has 2 N–H and O–H groups in total. The maximum atomic E-state index is 6.09. The lowest BCUT2D eigenvalue weighted by molar-refractivity contribution is 0.766. The van der Waals surface area contributed by atoms with E-state index in [2.05, 4.69) is 10.1 Å². The zero-order chi connectivity index (χ0) is 12.4. The van der Waals surface area contributed by atoms with Crippen LogP contribution in [-0.4, -0.2) is 21.8 Å². The van der Waals surface area contributed by atoms with Crippen LogP contribution >= 0.6 is 11.6 Å². The summed E-state index contributed by atoms with van der Waals surface area (Å²) in [5.41, 5.74) is 7.27. The van der Waals surface area contributed by atoms with Gasteiger partial charge in [0.05, 0.1) is 23.1 Å². The number of aryl methyl sites for hydroxylation is 1. The molecule has 0 radical (unpaired) electrons. The highest BCUT2D eigenvalue weighted by Gasteiger charge is 2.09. The molecule has 0 saturated carbocycles. The number of pyridine rings is 1. The molecule has 0 aromatic carbocycles. The molecule has 2 rings (SSSR count). The van der Waals surface area contributed by atoms with Gasteiger partial charge in [0.25, 0.3) is 0 Å². The number of hydrogen-bond acceptors (Lipinski definition) is 4. The van der Waals surface area contributed by atoms with Gasteiger partial charge in [0, 0.05) is 32.4 Å². The number of nitrogens with two attached hydrogens (primary N) is 1. The fourth-order valence-electron chi connectivity index (χ4n) is 1.63. The van der Waals surface area contributed by atoms with Gasteiger partial charge in [0.1, 0.15) is 5.82 Å². The molecule has 0 bridgehead atoms. The van der Waals surface area contributed by atoms with Crippen molar-refractivity contribution in [1.29, 1.82) is 0 Å². The average molecular weight is 252 g/mol. The fourth-order valence-corrected chi connectivity index (χ4v) is 1.95. The summed E-state index contributed by atoms with van der Waals surface area (Å²) in [4.78, 5) is 6.18. The van der Waals surface area contributed by atoms with Crippen molar-refractivity contribution in [2.75, 3.05) is 17.7 Å². The second-order valence-corrected chi connectivity index (χ2v) is 4.36. The molecule has 2 aromatic rings. The largest absolute Gasteiger partial charge is 0.397 e. The fraction of sp³-hybridized carbons (Fsp3) is 0.273. The topological polar surface area (TPSA) is 60.0 Å². The highest BCUT2D eigenvalue weighted by atomic mass is 35.5. The Hall–Kier alpha value is -1.75. The van der Waals surface area contributed by atoms with Crippen LogP contribution in [0.25, 0.3) is 0 Å². The van der Waals surface area contributed by atoms with Crippen molar-refractivity contribution in [3.63, 3.8) is 0 Å². The van der Waals surface area contributed by atoms with Crippen molar-refractivity contribution in [1.82, 2.24) is 14.8 Å². The molecule has 0 aliphatic heterocycles. The minimum Gasteiger partial charge on any atom is -0.397 e. The van der Waals surface area contributed by atoms with Crippen LogP contribution in [0.3, 0.4) is 0 Å². The third kappa shape index (κ3) is 2.68. The van der Waals surface area contributed by atoms with Gasteiger partial charge in [-0.2, -0.15) is 5.10 Å². The Balaban J connectivity index is 2.17. The molecule has 0 spiro atoms. The lowest BCUT2D eigenvalue weighted by atomic mass is 10.3. The SMILES string of the molecule is CN(Cc1cnn(C)c1)c1ncc(N)cc1Cl. The minimum atomic E-state index is 0.552. The molecule has 90 valence electrons. The maximum Gasteiger partial charge on any atom is 0.147 e. The van der Waals surface area contributed by atoms with Crippen molar-refractivity contribution in [2.24, 2.45) is 7.05 Å². The zero-order valence-corrected chi connectivity index (χ0v) is 10.5. The zero-order valence-electron chi connectivity index (χ0n) is 9.76. The van der Waals surface area contributed by atoms with Crippen LogP contribution in [0.5, 0.6) is 0 Å². The van der Waals surface area contributed by atoms with Gasteiger partial charge in [-0.25, -0.2) is 4.98 Å². The molecule has 6 heteroatoms. The van der Waals surface area contributed by atoms with Gasteiger partial charge in [0.2, 0.25) is 0 Å². The van der Waals surface area contributed by atoms with Crippen LogP contribution in [0, 0.1) is 0 Å². The molecule has 0 fully saturated rings. The van der Waals surface area contributed by atoms with E-state index in [9.17, 15) is 0 Å². The van der Waals surface area contributed by atoms with Gasteiger partial charge >= 0.3 is 0 Å². The van der Waals surface area contributed by atoms with E-state index in [1.54, 1.807) is 16.9 Å². The third-order valence-corrected chi connectivity index (χ3v) is 2.66. The smallest absolute Gasteiger partial charge is 0.147 e. The van der Waals surface area contributed by atoms with E-state index in [0.717, 1.165) is 5.56 Å². The van der Waals surface area contributed by atoms with E-state index in [0.29, 0.717) is 23.1 Å². The molecule has 2 aromatic heterocycles. The first-order chi connectivity index (χ1) is 8.06. The molecule has 0 aliphatic rings. The number of aromatic nitrogens is 3. The first-order valence-corrected chi connectivity index (χ1v) is 5.54. The van der Waals surface area contributed by atoms with Crippen LogP contribution in [0.1, 0.15) is 5.56 Å². The number of hydrogen-bond donors (Lipinski definition) is 1. The monoisotopic (exact) mass is 251 g/mol. The Kier molecular flexibility index (Phi) is 3.19. The Labute approximate surface area is 105 Å². The van der Waals surface area contributed by atoms with Crippen LogP contribution in [0.4, 0.5) is 11.5 Å². The van der Waals surface area contributed by atoms with Gasteiger partial charge in [-0.1, -0.05) is 11.6 Å². The van der Waals surface area contributed by atoms with Crippen LogP contribution < -0.4 is 10.6 Å². The maximum absolute atomic E-state index is 6.09. The molecular weight excluding hydrogens is 238 g/mol. The standard InChI is InChI=1S/C11H14ClN5/c1-16(6-8-4-15-17(2)7-8)11-10(12)3-9(13)5-14-11/h3-5,7H,6,13H2,1-2H3. The predicted octanol–water partition coefficient (Wildman–Crippen LogP) is 1.69. The summed E-state index contributed by atoms with van der Waals surface area (Å²) < 4.78 is 1.77. The quantitative estimate of drug-likeness (QED) is 0.902. The van der Waals surface area contributed by atoms with E-state index in [-0.39, 0.29) is 0 Å². The summed E-state index contributed by atoms with van der Waals surface area (Å²) in [5, 5.41) is 4.67. The van der Waals surface area contributed by atoms with Gasteiger partial charge in [0.15, 0.2) is 0 Å². The summed E-state index contributed by atoms with van der Waals surface area (Å²) in [6.45, 7) is 0.699. The lowest BCUT2D eigenvalue weighted by Crippen LogP contribution is -2.17. The molecule has 0 unspecified atom stereocenters. The summed E-state index contributed by atoms with van der Waals surface area (Å²) in [6, 6.07) is 1.70. The Morgan fingerprint density at radius 3 is 2.82 bits per heavy atom. The lowest BCUT2D eigenvalue weighted by Gasteiger charge is -2.18. The van der Waals surface area contributed by atoms with E-state index in [1.807, 2.05) is 31.4 Å². The predicted molar refractivity (Wildman–Crippen MR) is 69.0 cm³/mol. The van der Waals surface area contributed by atoms with Crippen LogP contribution in [0.15, 0.2) is 24.7 Å². The second kappa shape index (κ2) is 4.63. The van der Waals surface area contributed by atoms with Gasteiger partial charge in [-0.05, 0) is 6.07 Å². The van der Waals surface area contributed by atoms with E-state index in [1.165, 1.54) is 0 Å². The minimum absolute atomic E-state index is 0.552. The first kappa shape index (κ1) is 11.7. The summed E-state index contributed by atoms with van der Waals surface area (Å²) >= 11 is 6.09. The molecule has 0 atom stereocenters. The summed E-state index contributed by atoms with van der Waals surface area (Å²) in [6.07, 6.45) is 5.38. The van der Waals surface area contributed by atoms with E-state index in [4.69, 9.17) is 17.3 Å². The molecule has 0 amide bonds. The van der Waals surface area contributed by atoms with Crippen molar-refractivity contribution >= 4 is 23.1 Å². The third-order valence-electron chi connectivity index (χ3n) is 2.38. The summed E-state index contributed by atoms with van der Waals surface area (Å²) in [5.74, 6) is 0.713. The number of halogens is 1. The Morgan fingerprint density at radius 1 is 1.47 bits per heavy atom. The normalized spacial score (nSPS) is 10.5. The molecule has 2 heterocycles. The van der Waals surface area contributed by atoms with Gasteiger partial charge < -0.3 is 10.6 Å². The average Bonchev–Trinajstić information content (AvgIpc) is 2.63. The second-order valence-electron chi connectivity index (χ2n) is 3.95. The van der Waals surface area contributed by atoms with Crippen LogP contribution in [0.2, 0.25) is 5.02 Å². The summed E-state index contributed by atoms with van der Waals surface area (Å²) in [7, 11) is 3.81.